The van der Waals surface area contributed by atoms with Crippen LogP contribution in [0, 0.1) is 11.8 Å². The Morgan fingerprint density at radius 1 is 0.906 bits per heavy atom. The van der Waals surface area contributed by atoms with E-state index in [9.17, 15) is 22.8 Å². The molecule has 2 amide bonds. The maximum absolute atomic E-state index is 13.0. The summed E-state index contributed by atoms with van der Waals surface area (Å²) in [6.07, 6.45) is 5.16. The molecular weight excluding hydrogens is 425 g/mol. The molecule has 2 N–H and O–H groups in total. The molecule has 4 fully saturated rings. The smallest absolute Gasteiger partial charge is 0.345 e. The molecule has 2 unspecified atom stereocenters. The van der Waals surface area contributed by atoms with Gasteiger partial charge in [-0.25, -0.2) is 15.0 Å². The number of halogens is 3. The normalized spacial score (nSPS) is 30.7. The first kappa shape index (κ1) is 20.8. The maximum atomic E-state index is 13.0. The molecule has 6 rings (SSSR count). The predicted molar refractivity (Wildman–Crippen MR) is 104 cm³/mol. The Morgan fingerprint density at radius 2 is 1.53 bits per heavy atom. The summed E-state index contributed by atoms with van der Waals surface area (Å²) in [7, 11) is 0. The fraction of sp³-hybridized carbons (Fsp3) is 0.524. The Bertz CT molecular complexity index is 1050. The predicted octanol–water partition coefficient (Wildman–Crippen LogP) is 2.54. The zero-order valence-electron chi connectivity index (χ0n) is 17.0. The summed E-state index contributed by atoms with van der Waals surface area (Å²) in [5.74, 6) is -1.68. The van der Waals surface area contributed by atoms with Gasteiger partial charge in [0, 0.05) is 29.7 Å². The zero-order chi connectivity index (χ0) is 22.6. The molecule has 2 aromatic heterocycles. The molecule has 0 saturated heterocycles. The van der Waals surface area contributed by atoms with Crippen LogP contribution in [-0.2, 0) is 6.18 Å². The lowest BCUT2D eigenvalue weighted by atomic mass is 9.49. The van der Waals surface area contributed by atoms with Crippen LogP contribution < -0.4 is 10.6 Å². The van der Waals surface area contributed by atoms with Crippen molar-refractivity contribution >= 4 is 11.8 Å². The number of carbonyl (C=O) groups is 2. The Kier molecular flexibility index (Phi) is 4.68. The summed E-state index contributed by atoms with van der Waals surface area (Å²) in [4.78, 5) is 40.3. The van der Waals surface area contributed by atoms with E-state index in [4.69, 9.17) is 0 Å². The van der Waals surface area contributed by atoms with Gasteiger partial charge < -0.3 is 10.6 Å². The van der Waals surface area contributed by atoms with Crippen molar-refractivity contribution in [3.05, 3.63) is 48.1 Å². The molecular formula is C21H21F3N6O2. The van der Waals surface area contributed by atoms with Gasteiger partial charge in [-0.2, -0.15) is 13.2 Å². The van der Waals surface area contributed by atoms with Gasteiger partial charge in [-0.1, -0.05) is 0 Å². The minimum absolute atomic E-state index is 0.224. The highest BCUT2D eigenvalue weighted by molar-refractivity contribution is 5.93. The lowest BCUT2D eigenvalue weighted by molar-refractivity contribution is -0.145. The van der Waals surface area contributed by atoms with Gasteiger partial charge in [-0.05, 0) is 56.4 Å². The van der Waals surface area contributed by atoms with E-state index in [1.807, 2.05) is 0 Å². The van der Waals surface area contributed by atoms with Gasteiger partial charge in [-0.15, -0.1) is 0 Å². The molecule has 0 aliphatic heterocycles. The summed E-state index contributed by atoms with van der Waals surface area (Å²) in [5.41, 5.74) is -1.18. The topological polar surface area (TPSA) is 110 Å². The van der Waals surface area contributed by atoms with Gasteiger partial charge >= 0.3 is 6.18 Å². The third kappa shape index (κ3) is 3.80. The molecule has 4 aliphatic rings. The van der Waals surface area contributed by atoms with E-state index in [1.165, 1.54) is 24.7 Å². The van der Waals surface area contributed by atoms with Crippen molar-refractivity contribution in [1.82, 2.24) is 30.6 Å². The number of nitrogens with zero attached hydrogens (tertiary/aromatic N) is 4. The Hall–Kier alpha value is -3.11. The first-order chi connectivity index (χ1) is 15.2. The summed E-state index contributed by atoms with van der Waals surface area (Å²) in [6.45, 7) is 0. The van der Waals surface area contributed by atoms with E-state index in [0.717, 1.165) is 38.3 Å². The molecule has 0 radical (unpaired) electrons. The van der Waals surface area contributed by atoms with Gasteiger partial charge in [0.2, 0.25) is 5.82 Å². The molecule has 11 heteroatoms. The molecule has 2 atom stereocenters. The van der Waals surface area contributed by atoms with E-state index < -0.39 is 29.0 Å². The summed E-state index contributed by atoms with van der Waals surface area (Å²) in [5, 5.41) is 6.12. The highest BCUT2D eigenvalue weighted by Crippen LogP contribution is 2.57. The van der Waals surface area contributed by atoms with E-state index in [2.05, 4.69) is 30.6 Å². The molecule has 4 bridgehead atoms. The number of alkyl halides is 3. The number of hydrogen-bond acceptors (Lipinski definition) is 6. The lowest BCUT2D eigenvalue weighted by Gasteiger charge is -2.62. The number of rotatable bonds is 4. The summed E-state index contributed by atoms with van der Waals surface area (Å²) in [6, 6.07) is 1.18. The minimum Gasteiger partial charge on any atom is -0.345 e. The molecule has 0 aromatic carbocycles. The number of nitrogens with one attached hydrogen (secondary N) is 2. The largest absolute Gasteiger partial charge is 0.451 e. The number of aromatic nitrogens is 4. The first-order valence-corrected chi connectivity index (χ1v) is 10.5. The van der Waals surface area contributed by atoms with E-state index >= 15 is 0 Å². The molecule has 2 aromatic rings. The average Bonchev–Trinajstić information content (AvgIpc) is 2.72. The fourth-order valence-electron chi connectivity index (χ4n) is 6.20. The van der Waals surface area contributed by atoms with Gasteiger partial charge in [0.15, 0.2) is 0 Å². The quantitative estimate of drug-likeness (QED) is 0.747. The van der Waals surface area contributed by atoms with E-state index in [-0.39, 0.29) is 17.3 Å². The SMILES string of the molecule is O=C(NC12CC3CC(C1)CC(NC(=O)c1ccnc(C(F)(F)F)n1)(C3)C2)c1cnccn1. The van der Waals surface area contributed by atoms with Gasteiger partial charge in [-0.3, -0.25) is 14.6 Å². The summed E-state index contributed by atoms with van der Waals surface area (Å²) >= 11 is 0. The third-order valence-corrected chi connectivity index (χ3v) is 6.76. The van der Waals surface area contributed by atoms with E-state index in [0.29, 0.717) is 18.3 Å². The Labute approximate surface area is 181 Å². The van der Waals surface area contributed by atoms with Gasteiger partial charge in [0.1, 0.15) is 11.4 Å². The van der Waals surface area contributed by atoms with Crippen LogP contribution in [0.1, 0.15) is 65.3 Å². The van der Waals surface area contributed by atoms with Crippen LogP contribution in [0.15, 0.2) is 30.9 Å². The lowest BCUT2D eigenvalue weighted by Crippen LogP contribution is -2.70. The van der Waals surface area contributed by atoms with E-state index in [1.54, 1.807) is 0 Å². The summed E-state index contributed by atoms with van der Waals surface area (Å²) < 4.78 is 38.9. The van der Waals surface area contributed by atoms with Crippen molar-refractivity contribution in [3.8, 4) is 0 Å². The number of carbonyl (C=O) groups excluding carboxylic acids is 2. The maximum Gasteiger partial charge on any atom is 0.451 e. The Morgan fingerprint density at radius 3 is 2.09 bits per heavy atom. The molecule has 168 valence electrons. The van der Waals surface area contributed by atoms with Crippen LogP contribution in [0.2, 0.25) is 0 Å². The molecule has 2 heterocycles. The van der Waals surface area contributed by atoms with Crippen LogP contribution in [0.4, 0.5) is 13.2 Å². The third-order valence-electron chi connectivity index (χ3n) is 6.76. The van der Waals surface area contributed by atoms with Gasteiger partial charge in [0.25, 0.3) is 11.8 Å². The van der Waals surface area contributed by atoms with Crippen molar-refractivity contribution in [2.45, 2.75) is 55.8 Å². The molecule has 32 heavy (non-hydrogen) atoms. The van der Waals surface area contributed by atoms with Crippen molar-refractivity contribution in [2.75, 3.05) is 0 Å². The van der Waals surface area contributed by atoms with Crippen LogP contribution in [0.3, 0.4) is 0 Å². The van der Waals surface area contributed by atoms with Crippen LogP contribution in [-0.4, -0.2) is 42.8 Å². The molecule has 8 nitrogen and oxygen atoms in total. The number of hydrogen-bond donors (Lipinski definition) is 2. The molecule has 0 spiro atoms. The van der Waals surface area contributed by atoms with Crippen LogP contribution in [0.5, 0.6) is 0 Å². The highest BCUT2D eigenvalue weighted by atomic mass is 19.4. The zero-order valence-corrected chi connectivity index (χ0v) is 17.0. The van der Waals surface area contributed by atoms with Crippen molar-refractivity contribution in [2.24, 2.45) is 11.8 Å². The van der Waals surface area contributed by atoms with Crippen molar-refractivity contribution < 1.29 is 22.8 Å². The minimum atomic E-state index is -4.73. The second-order valence-corrected chi connectivity index (χ2v) is 9.28. The van der Waals surface area contributed by atoms with Crippen LogP contribution >= 0.6 is 0 Å². The highest BCUT2D eigenvalue weighted by Gasteiger charge is 2.59. The second-order valence-electron chi connectivity index (χ2n) is 9.28. The number of amides is 2. The standard InChI is InChI=1S/C21H21F3N6O2/c22-21(23,24)18-27-2-1-14(28-18)16(31)29-19-6-12-5-13(7-19)9-20(8-12,11-19)30-17(32)15-10-25-3-4-26-15/h1-4,10,12-13H,5-9,11H2,(H,29,31)(H,30,32). The van der Waals surface area contributed by atoms with Gasteiger partial charge in [0.05, 0.1) is 6.20 Å². The second kappa shape index (κ2) is 7.21. The first-order valence-electron chi connectivity index (χ1n) is 10.5. The van der Waals surface area contributed by atoms with Crippen LogP contribution in [0.25, 0.3) is 0 Å². The average molecular weight is 446 g/mol. The monoisotopic (exact) mass is 446 g/mol. The molecule has 4 saturated carbocycles. The Balaban J connectivity index is 1.37. The molecule has 4 aliphatic carbocycles. The fourth-order valence-corrected chi connectivity index (χ4v) is 6.20. The van der Waals surface area contributed by atoms with Crippen molar-refractivity contribution in [3.63, 3.8) is 0 Å². The van der Waals surface area contributed by atoms with Crippen molar-refractivity contribution in [1.29, 1.82) is 0 Å².